The van der Waals surface area contributed by atoms with Crippen molar-refractivity contribution in [2.45, 2.75) is 26.3 Å². The highest BCUT2D eigenvalue weighted by Crippen LogP contribution is 2.18. The fourth-order valence-corrected chi connectivity index (χ4v) is 2.21. The van der Waals surface area contributed by atoms with Gasteiger partial charge >= 0.3 is 5.69 Å². The number of hydrogen-bond donors (Lipinski definition) is 3. The average Bonchev–Trinajstić information content (AvgIpc) is 2.76. The Morgan fingerprint density at radius 1 is 1.50 bits per heavy atom. The lowest BCUT2D eigenvalue weighted by atomic mass is 10.1. The first-order valence-corrected chi connectivity index (χ1v) is 6.23. The molecule has 1 aromatic rings. The summed E-state index contributed by atoms with van der Waals surface area (Å²) < 4.78 is 0. The van der Waals surface area contributed by atoms with Crippen LogP contribution in [0.15, 0.2) is 9.59 Å². The van der Waals surface area contributed by atoms with Gasteiger partial charge in [0, 0.05) is 19.1 Å². The van der Waals surface area contributed by atoms with Crippen molar-refractivity contribution in [1.29, 1.82) is 0 Å². The molecule has 18 heavy (non-hydrogen) atoms. The molecule has 1 saturated heterocycles. The summed E-state index contributed by atoms with van der Waals surface area (Å²) in [4.78, 5) is 26.8. The van der Waals surface area contributed by atoms with Crippen LogP contribution in [0.2, 0.25) is 0 Å². The first-order chi connectivity index (χ1) is 8.56. The quantitative estimate of drug-likeness (QED) is 0.679. The first-order valence-electron chi connectivity index (χ1n) is 6.23. The van der Waals surface area contributed by atoms with E-state index in [1.807, 2.05) is 0 Å². The van der Waals surface area contributed by atoms with E-state index in [-0.39, 0.29) is 5.82 Å². The normalized spacial score (nSPS) is 20.5. The lowest BCUT2D eigenvalue weighted by Crippen LogP contribution is -2.31. The summed E-state index contributed by atoms with van der Waals surface area (Å²) in [5.74, 6) is 0.693. The second kappa shape index (κ2) is 5.34. The summed E-state index contributed by atoms with van der Waals surface area (Å²) >= 11 is 0. The summed E-state index contributed by atoms with van der Waals surface area (Å²) in [7, 11) is 0. The number of anilines is 1. The molecule has 0 aliphatic carbocycles. The molecule has 1 unspecified atom stereocenters. The number of nitrogens with one attached hydrogen (secondary N) is 3. The van der Waals surface area contributed by atoms with Crippen molar-refractivity contribution in [3.63, 3.8) is 0 Å². The van der Waals surface area contributed by atoms with Crippen LogP contribution >= 0.6 is 0 Å². The van der Waals surface area contributed by atoms with E-state index in [1.54, 1.807) is 0 Å². The number of likely N-dealkylation sites (tertiary alicyclic amines) is 1. The van der Waals surface area contributed by atoms with Crippen LogP contribution in [0.3, 0.4) is 0 Å². The summed E-state index contributed by atoms with van der Waals surface area (Å²) in [5.41, 5.74) is -1.06. The molecule has 1 atom stereocenters. The Morgan fingerprint density at radius 2 is 2.28 bits per heavy atom. The highest BCUT2D eigenvalue weighted by Gasteiger charge is 2.24. The minimum absolute atomic E-state index is 0.178. The van der Waals surface area contributed by atoms with Gasteiger partial charge in [-0.15, -0.1) is 5.10 Å². The molecule has 0 saturated carbocycles. The maximum absolute atomic E-state index is 11.4. The standard InChI is InChI=1S/C11H19N5O2/c1-7(2)16-4-3-8(6-16)5-12-9-10(17)13-11(18)15-14-9/h7-8H,3-6H2,1-2H3,(H,12,14)(H2,13,15,17,18). The van der Waals surface area contributed by atoms with E-state index >= 15 is 0 Å². The minimum Gasteiger partial charge on any atom is -0.364 e. The van der Waals surface area contributed by atoms with Crippen molar-refractivity contribution >= 4 is 5.82 Å². The third-order valence-electron chi connectivity index (χ3n) is 3.32. The fraction of sp³-hybridized carbons (Fsp3) is 0.727. The molecule has 7 heteroatoms. The summed E-state index contributed by atoms with van der Waals surface area (Å²) in [6.45, 7) is 7.20. The second-order valence-electron chi connectivity index (χ2n) is 4.98. The lowest BCUT2D eigenvalue weighted by molar-refractivity contribution is 0.266. The molecule has 100 valence electrons. The van der Waals surface area contributed by atoms with Gasteiger partial charge < -0.3 is 10.2 Å². The molecule has 2 rings (SSSR count). The predicted molar refractivity (Wildman–Crippen MR) is 68.8 cm³/mol. The Labute approximate surface area is 105 Å². The SMILES string of the molecule is CC(C)N1CCC(CNc2n[nH]c(=O)[nH]c2=O)C1. The minimum atomic E-state index is -0.586. The molecular formula is C11H19N5O2. The molecule has 0 amide bonds. The largest absolute Gasteiger partial charge is 0.364 e. The van der Waals surface area contributed by atoms with Crippen LogP contribution in [0.4, 0.5) is 5.82 Å². The smallest absolute Gasteiger partial charge is 0.342 e. The van der Waals surface area contributed by atoms with Crippen LogP contribution in [-0.4, -0.2) is 45.8 Å². The highest BCUT2D eigenvalue weighted by atomic mass is 16.2. The second-order valence-corrected chi connectivity index (χ2v) is 4.98. The van der Waals surface area contributed by atoms with Crippen LogP contribution in [0.1, 0.15) is 20.3 Å². The monoisotopic (exact) mass is 253 g/mol. The molecule has 1 aromatic heterocycles. The number of H-pyrrole nitrogens is 2. The zero-order valence-electron chi connectivity index (χ0n) is 10.7. The van der Waals surface area contributed by atoms with Crippen molar-refractivity contribution in [2.24, 2.45) is 5.92 Å². The molecule has 0 radical (unpaired) electrons. The number of aromatic nitrogens is 3. The Hall–Kier alpha value is -1.63. The summed E-state index contributed by atoms with van der Waals surface area (Å²) in [5, 5.41) is 8.89. The molecule has 7 nitrogen and oxygen atoms in total. The van der Waals surface area contributed by atoms with Gasteiger partial charge in [0.25, 0.3) is 5.56 Å². The van der Waals surface area contributed by atoms with Crippen molar-refractivity contribution < 1.29 is 0 Å². The number of nitrogens with zero attached hydrogens (tertiary/aromatic N) is 2. The first kappa shape index (κ1) is 12.8. The number of rotatable bonds is 4. The van der Waals surface area contributed by atoms with Gasteiger partial charge in [-0.1, -0.05) is 0 Å². The van der Waals surface area contributed by atoms with Gasteiger partial charge in [-0.05, 0) is 32.7 Å². The molecule has 0 aromatic carbocycles. The van der Waals surface area contributed by atoms with Crippen LogP contribution in [-0.2, 0) is 0 Å². The van der Waals surface area contributed by atoms with Crippen LogP contribution in [0, 0.1) is 5.92 Å². The predicted octanol–water partition coefficient (Wildman–Crippen LogP) is -0.400. The van der Waals surface area contributed by atoms with E-state index in [9.17, 15) is 9.59 Å². The van der Waals surface area contributed by atoms with Crippen LogP contribution < -0.4 is 16.6 Å². The zero-order chi connectivity index (χ0) is 13.1. The highest BCUT2D eigenvalue weighted by molar-refractivity contribution is 5.28. The van der Waals surface area contributed by atoms with E-state index in [2.05, 4.69) is 39.2 Å². The lowest BCUT2D eigenvalue weighted by Gasteiger charge is -2.20. The van der Waals surface area contributed by atoms with Crippen LogP contribution in [0.5, 0.6) is 0 Å². The maximum Gasteiger partial charge on any atom is 0.342 e. The van der Waals surface area contributed by atoms with Crippen molar-refractivity contribution in [3.8, 4) is 0 Å². The zero-order valence-corrected chi connectivity index (χ0v) is 10.7. The molecule has 0 bridgehead atoms. The van der Waals surface area contributed by atoms with E-state index in [4.69, 9.17) is 0 Å². The van der Waals surface area contributed by atoms with E-state index in [0.717, 1.165) is 19.5 Å². The number of hydrogen-bond acceptors (Lipinski definition) is 5. The summed E-state index contributed by atoms with van der Waals surface area (Å²) in [6, 6.07) is 0.560. The number of aromatic amines is 2. The van der Waals surface area contributed by atoms with Gasteiger partial charge in [-0.25, -0.2) is 9.89 Å². The van der Waals surface area contributed by atoms with Gasteiger partial charge in [0.2, 0.25) is 5.82 Å². The van der Waals surface area contributed by atoms with Gasteiger partial charge in [0.15, 0.2) is 0 Å². The molecule has 0 spiro atoms. The van der Waals surface area contributed by atoms with E-state index in [1.165, 1.54) is 0 Å². The third-order valence-corrected chi connectivity index (χ3v) is 3.32. The Bertz CT molecular complexity index is 507. The maximum atomic E-state index is 11.4. The topological polar surface area (TPSA) is 93.9 Å². The van der Waals surface area contributed by atoms with E-state index < -0.39 is 11.2 Å². The molecule has 1 aliphatic heterocycles. The van der Waals surface area contributed by atoms with Crippen molar-refractivity contribution in [3.05, 3.63) is 20.8 Å². The van der Waals surface area contributed by atoms with Gasteiger partial charge in [-0.2, -0.15) is 0 Å². The average molecular weight is 253 g/mol. The van der Waals surface area contributed by atoms with Crippen molar-refractivity contribution in [1.82, 2.24) is 20.1 Å². The fourth-order valence-electron chi connectivity index (χ4n) is 2.21. The molecule has 1 fully saturated rings. The Morgan fingerprint density at radius 3 is 2.89 bits per heavy atom. The van der Waals surface area contributed by atoms with Gasteiger partial charge in [-0.3, -0.25) is 9.78 Å². The molecule has 3 N–H and O–H groups in total. The third kappa shape index (κ3) is 2.98. The Kier molecular flexibility index (Phi) is 3.81. The van der Waals surface area contributed by atoms with Gasteiger partial charge in [0.05, 0.1) is 0 Å². The Balaban J connectivity index is 1.89. The van der Waals surface area contributed by atoms with E-state index in [0.29, 0.717) is 18.5 Å². The van der Waals surface area contributed by atoms with Crippen LogP contribution in [0.25, 0.3) is 0 Å². The molecular weight excluding hydrogens is 234 g/mol. The summed E-state index contributed by atoms with van der Waals surface area (Å²) in [6.07, 6.45) is 1.12. The van der Waals surface area contributed by atoms with Gasteiger partial charge in [0.1, 0.15) is 0 Å². The molecule has 1 aliphatic rings. The van der Waals surface area contributed by atoms with Crippen molar-refractivity contribution in [2.75, 3.05) is 25.0 Å². The molecule has 2 heterocycles.